The lowest BCUT2D eigenvalue weighted by Crippen LogP contribution is -2.43. The number of para-hydroxylation sites is 1. The van der Waals surface area contributed by atoms with Gasteiger partial charge in [-0.3, -0.25) is 4.79 Å². The molecular formula is C24H26N2O3S. The van der Waals surface area contributed by atoms with Gasteiger partial charge in [0.05, 0.1) is 21.7 Å². The number of hydrogen-bond donors (Lipinski definition) is 0. The molecule has 0 atom stereocenters. The minimum atomic E-state index is -0.487. The SMILES string of the molecule is CCN(C(=O)COC(=O)c1cc(-c2cccs2)nc2ccccc12)C1CCCCC1. The first kappa shape index (κ1) is 20.5. The number of carbonyl (C=O) groups excluding carboxylic acids is 2. The minimum absolute atomic E-state index is 0.116. The normalized spacial score (nSPS) is 14.6. The van der Waals surface area contributed by atoms with Gasteiger partial charge in [0.1, 0.15) is 0 Å². The Balaban J connectivity index is 1.53. The standard InChI is InChI=1S/C24H26N2O3S/c1-2-26(17-9-4-3-5-10-17)23(27)16-29-24(28)19-15-21(22-13-8-14-30-22)25-20-12-7-6-11-18(19)20/h6-8,11-15,17H,2-5,9-10,16H2,1H3. The summed E-state index contributed by atoms with van der Waals surface area (Å²) in [5.74, 6) is -0.603. The molecule has 0 saturated heterocycles. The van der Waals surface area contributed by atoms with Crippen molar-refractivity contribution in [2.24, 2.45) is 0 Å². The van der Waals surface area contributed by atoms with Gasteiger partial charge in [0.2, 0.25) is 0 Å². The van der Waals surface area contributed by atoms with Crippen molar-refractivity contribution in [2.45, 2.75) is 45.1 Å². The van der Waals surface area contributed by atoms with Gasteiger partial charge in [0.15, 0.2) is 6.61 Å². The van der Waals surface area contributed by atoms with Crippen LogP contribution >= 0.6 is 11.3 Å². The van der Waals surface area contributed by atoms with Gasteiger partial charge in [-0.25, -0.2) is 9.78 Å². The van der Waals surface area contributed by atoms with Crippen LogP contribution in [0, 0.1) is 0 Å². The number of carbonyl (C=O) groups is 2. The van der Waals surface area contributed by atoms with Crippen LogP contribution in [0.3, 0.4) is 0 Å². The van der Waals surface area contributed by atoms with E-state index in [1.807, 2.05) is 53.6 Å². The van der Waals surface area contributed by atoms with E-state index in [2.05, 4.69) is 4.98 Å². The second kappa shape index (κ2) is 9.39. The summed E-state index contributed by atoms with van der Waals surface area (Å²) in [5, 5.41) is 2.71. The van der Waals surface area contributed by atoms with Crippen molar-refractivity contribution in [3.8, 4) is 10.6 Å². The van der Waals surface area contributed by atoms with E-state index < -0.39 is 5.97 Å². The van der Waals surface area contributed by atoms with Crippen LogP contribution in [-0.4, -0.2) is 41.0 Å². The molecule has 1 aliphatic rings. The van der Waals surface area contributed by atoms with Gasteiger partial charge in [-0.1, -0.05) is 43.5 Å². The molecule has 0 spiro atoms. The zero-order valence-corrected chi connectivity index (χ0v) is 18.0. The molecule has 0 aliphatic heterocycles. The van der Waals surface area contributed by atoms with Gasteiger partial charge in [-0.15, -0.1) is 11.3 Å². The average Bonchev–Trinajstić information content (AvgIpc) is 3.33. The fourth-order valence-electron chi connectivity index (χ4n) is 4.21. The minimum Gasteiger partial charge on any atom is -0.452 e. The highest BCUT2D eigenvalue weighted by Crippen LogP contribution is 2.28. The Bertz CT molecular complexity index is 1030. The molecule has 1 fully saturated rings. The van der Waals surface area contributed by atoms with Crippen molar-refractivity contribution in [3.63, 3.8) is 0 Å². The van der Waals surface area contributed by atoms with Crippen molar-refractivity contribution in [3.05, 3.63) is 53.4 Å². The van der Waals surface area contributed by atoms with Crippen LogP contribution in [-0.2, 0) is 9.53 Å². The second-order valence-electron chi connectivity index (χ2n) is 7.60. The third-order valence-electron chi connectivity index (χ3n) is 5.71. The van der Waals surface area contributed by atoms with E-state index in [1.54, 1.807) is 17.4 Å². The van der Waals surface area contributed by atoms with Crippen molar-refractivity contribution in [1.29, 1.82) is 0 Å². The molecule has 5 nitrogen and oxygen atoms in total. The van der Waals surface area contributed by atoms with E-state index in [0.29, 0.717) is 12.1 Å². The highest BCUT2D eigenvalue weighted by molar-refractivity contribution is 7.13. The molecule has 1 aromatic carbocycles. The number of amides is 1. The molecule has 0 N–H and O–H groups in total. The molecule has 0 bridgehead atoms. The summed E-state index contributed by atoms with van der Waals surface area (Å²) in [6, 6.07) is 13.5. The van der Waals surface area contributed by atoms with Crippen LogP contribution in [0.15, 0.2) is 47.8 Å². The molecule has 1 saturated carbocycles. The first-order valence-electron chi connectivity index (χ1n) is 10.6. The number of hydrogen-bond acceptors (Lipinski definition) is 5. The van der Waals surface area contributed by atoms with Crippen LogP contribution in [0.2, 0.25) is 0 Å². The van der Waals surface area contributed by atoms with Gasteiger partial charge < -0.3 is 9.64 Å². The molecule has 0 radical (unpaired) electrons. The maximum absolute atomic E-state index is 13.0. The highest BCUT2D eigenvalue weighted by atomic mass is 32.1. The van der Waals surface area contributed by atoms with Crippen molar-refractivity contribution in [2.75, 3.05) is 13.2 Å². The topological polar surface area (TPSA) is 59.5 Å². The lowest BCUT2D eigenvalue weighted by Gasteiger charge is -2.33. The molecule has 3 aromatic rings. The summed E-state index contributed by atoms with van der Waals surface area (Å²) < 4.78 is 5.49. The zero-order chi connectivity index (χ0) is 20.9. The quantitative estimate of drug-likeness (QED) is 0.506. The number of likely N-dealkylation sites (N-methyl/N-ethyl adjacent to an activating group) is 1. The lowest BCUT2D eigenvalue weighted by molar-refractivity contribution is -0.137. The molecule has 0 unspecified atom stereocenters. The van der Waals surface area contributed by atoms with Crippen LogP contribution < -0.4 is 0 Å². The fourth-order valence-corrected chi connectivity index (χ4v) is 4.90. The first-order chi connectivity index (χ1) is 14.7. The van der Waals surface area contributed by atoms with Gasteiger partial charge in [-0.2, -0.15) is 0 Å². The van der Waals surface area contributed by atoms with Crippen LogP contribution in [0.25, 0.3) is 21.5 Å². The summed E-state index contributed by atoms with van der Waals surface area (Å²) in [6.45, 7) is 2.40. The van der Waals surface area contributed by atoms with E-state index >= 15 is 0 Å². The van der Waals surface area contributed by atoms with E-state index in [4.69, 9.17) is 4.74 Å². The van der Waals surface area contributed by atoms with E-state index in [-0.39, 0.29) is 18.6 Å². The Morgan fingerprint density at radius 2 is 1.93 bits per heavy atom. The summed E-state index contributed by atoms with van der Waals surface area (Å²) in [7, 11) is 0. The molecule has 156 valence electrons. The summed E-state index contributed by atoms with van der Waals surface area (Å²) in [5.41, 5.74) is 1.91. The van der Waals surface area contributed by atoms with Crippen LogP contribution in [0.1, 0.15) is 49.4 Å². The Kier molecular flexibility index (Phi) is 6.43. The Hall–Kier alpha value is -2.73. The fraction of sp³-hybridized carbons (Fsp3) is 0.375. The number of aromatic nitrogens is 1. The summed E-state index contributed by atoms with van der Waals surface area (Å²) in [4.78, 5) is 33.3. The van der Waals surface area contributed by atoms with Gasteiger partial charge in [0, 0.05) is 18.0 Å². The van der Waals surface area contributed by atoms with Gasteiger partial charge >= 0.3 is 5.97 Å². The summed E-state index contributed by atoms with van der Waals surface area (Å²) in [6.07, 6.45) is 5.61. The van der Waals surface area contributed by atoms with Crippen LogP contribution in [0.4, 0.5) is 0 Å². The Labute approximate surface area is 180 Å². The highest BCUT2D eigenvalue weighted by Gasteiger charge is 2.25. The first-order valence-corrected chi connectivity index (χ1v) is 11.5. The van der Waals surface area contributed by atoms with E-state index in [0.717, 1.165) is 47.2 Å². The number of esters is 1. The van der Waals surface area contributed by atoms with Gasteiger partial charge in [0.25, 0.3) is 5.91 Å². The molecule has 2 aromatic heterocycles. The smallest absolute Gasteiger partial charge is 0.339 e. The van der Waals surface area contributed by atoms with Crippen molar-refractivity contribution >= 4 is 34.1 Å². The predicted molar refractivity (Wildman–Crippen MR) is 120 cm³/mol. The second-order valence-corrected chi connectivity index (χ2v) is 8.54. The molecule has 4 rings (SSSR count). The number of pyridine rings is 1. The molecule has 1 amide bonds. The largest absolute Gasteiger partial charge is 0.452 e. The monoisotopic (exact) mass is 422 g/mol. The van der Waals surface area contributed by atoms with E-state index in [1.165, 1.54) is 6.42 Å². The van der Waals surface area contributed by atoms with E-state index in [9.17, 15) is 9.59 Å². The number of nitrogens with zero attached hydrogens (tertiary/aromatic N) is 2. The number of ether oxygens (including phenoxy) is 1. The molecule has 6 heteroatoms. The number of benzene rings is 1. The maximum atomic E-state index is 13.0. The average molecular weight is 423 g/mol. The molecular weight excluding hydrogens is 396 g/mol. The zero-order valence-electron chi connectivity index (χ0n) is 17.2. The Morgan fingerprint density at radius 3 is 2.67 bits per heavy atom. The summed E-state index contributed by atoms with van der Waals surface area (Å²) >= 11 is 1.57. The number of thiophene rings is 1. The number of fused-ring (bicyclic) bond motifs is 1. The molecule has 30 heavy (non-hydrogen) atoms. The van der Waals surface area contributed by atoms with Gasteiger partial charge in [-0.05, 0) is 43.3 Å². The Morgan fingerprint density at radius 1 is 1.13 bits per heavy atom. The number of rotatable bonds is 6. The lowest BCUT2D eigenvalue weighted by atomic mass is 9.94. The predicted octanol–water partition coefficient (Wildman–Crippen LogP) is 5.30. The molecule has 2 heterocycles. The third kappa shape index (κ3) is 4.38. The van der Waals surface area contributed by atoms with Crippen molar-refractivity contribution in [1.82, 2.24) is 9.88 Å². The maximum Gasteiger partial charge on any atom is 0.339 e. The van der Waals surface area contributed by atoms with Crippen LogP contribution in [0.5, 0.6) is 0 Å². The molecule has 1 aliphatic carbocycles. The third-order valence-corrected chi connectivity index (χ3v) is 6.61. The van der Waals surface area contributed by atoms with Crippen molar-refractivity contribution < 1.29 is 14.3 Å².